The fourth-order valence-corrected chi connectivity index (χ4v) is 4.17. The fourth-order valence-electron chi connectivity index (χ4n) is 4.17. The number of nitrogens with one attached hydrogen (secondary N) is 2. The van der Waals surface area contributed by atoms with E-state index in [2.05, 4.69) is 22.5 Å². The summed E-state index contributed by atoms with van der Waals surface area (Å²) in [6.45, 7) is 9.51. The van der Waals surface area contributed by atoms with E-state index in [-0.39, 0.29) is 29.2 Å². The van der Waals surface area contributed by atoms with Gasteiger partial charge in [0.15, 0.2) is 5.69 Å². The van der Waals surface area contributed by atoms with Gasteiger partial charge in [-0.2, -0.15) is 0 Å². The van der Waals surface area contributed by atoms with Crippen molar-refractivity contribution >= 4 is 34.3 Å². The van der Waals surface area contributed by atoms with Crippen LogP contribution in [0.25, 0.3) is 11.0 Å². The molecule has 1 aliphatic heterocycles. The molecule has 32 heavy (non-hydrogen) atoms. The molecule has 9 nitrogen and oxygen atoms in total. The van der Waals surface area contributed by atoms with Crippen LogP contribution in [0.4, 0.5) is 11.4 Å². The number of hydrogen-bond donors (Lipinski definition) is 2. The quantitative estimate of drug-likeness (QED) is 0.569. The van der Waals surface area contributed by atoms with Gasteiger partial charge in [0.2, 0.25) is 5.91 Å². The molecular formula is C23H34N4O5. The molecule has 0 bridgehead atoms. The normalized spacial score (nSPS) is 17.4. The van der Waals surface area contributed by atoms with E-state index in [1.165, 1.54) is 7.11 Å². The van der Waals surface area contributed by atoms with Gasteiger partial charge in [0, 0.05) is 31.7 Å². The molecule has 3 heterocycles. The highest BCUT2D eigenvalue weighted by atomic mass is 16.5. The highest BCUT2D eigenvalue weighted by molar-refractivity contribution is 6.11. The largest absolute Gasteiger partial charge is 0.464 e. The summed E-state index contributed by atoms with van der Waals surface area (Å²) in [6.07, 6.45) is 3.18. The minimum atomic E-state index is -0.521. The van der Waals surface area contributed by atoms with E-state index in [9.17, 15) is 9.59 Å². The number of anilines is 2. The second-order valence-electron chi connectivity index (χ2n) is 8.82. The number of amides is 1. The molecule has 1 aliphatic rings. The maximum absolute atomic E-state index is 12.9. The molecule has 176 valence electrons. The first-order valence-electron chi connectivity index (χ1n) is 11.0. The van der Waals surface area contributed by atoms with E-state index < -0.39 is 5.97 Å². The number of hydrogen-bond acceptors (Lipinski definition) is 7. The Labute approximate surface area is 188 Å². The van der Waals surface area contributed by atoms with Crippen LogP contribution in [0.1, 0.15) is 51.0 Å². The SMILES string of the molecule is CCn1c(C(=O)OC)c(NC(=O)[C@H]2CCOC2)c2cc(N[C@H](C)CC(C)(C)OC)cnc21. The molecular weight excluding hydrogens is 412 g/mol. The van der Waals surface area contributed by atoms with Gasteiger partial charge in [-0.1, -0.05) is 0 Å². The van der Waals surface area contributed by atoms with E-state index in [1.807, 2.05) is 26.8 Å². The molecule has 2 N–H and O–H groups in total. The molecule has 0 aliphatic carbocycles. The van der Waals surface area contributed by atoms with Crippen molar-refractivity contribution in [3.05, 3.63) is 18.0 Å². The molecule has 3 rings (SSSR count). The summed E-state index contributed by atoms with van der Waals surface area (Å²) < 4.78 is 17.7. The van der Waals surface area contributed by atoms with Crippen molar-refractivity contribution in [2.75, 3.05) is 38.1 Å². The molecule has 0 spiro atoms. The summed E-state index contributed by atoms with van der Waals surface area (Å²) in [4.78, 5) is 30.1. The van der Waals surface area contributed by atoms with Crippen molar-refractivity contribution in [3.8, 4) is 0 Å². The number of nitrogens with zero attached hydrogens (tertiary/aromatic N) is 2. The van der Waals surface area contributed by atoms with Crippen LogP contribution < -0.4 is 10.6 Å². The lowest BCUT2D eigenvalue weighted by molar-refractivity contribution is -0.119. The number of rotatable bonds is 9. The van der Waals surface area contributed by atoms with Crippen LogP contribution in [0.5, 0.6) is 0 Å². The molecule has 0 unspecified atom stereocenters. The van der Waals surface area contributed by atoms with Gasteiger partial charge in [-0.25, -0.2) is 9.78 Å². The molecule has 0 radical (unpaired) electrons. The number of aromatic nitrogens is 2. The van der Waals surface area contributed by atoms with Crippen molar-refractivity contribution in [2.45, 2.75) is 58.7 Å². The molecule has 2 aromatic rings. The minimum absolute atomic E-state index is 0.117. The van der Waals surface area contributed by atoms with Crippen LogP contribution in [0.2, 0.25) is 0 Å². The molecule has 2 aromatic heterocycles. The molecule has 1 amide bonds. The first-order chi connectivity index (χ1) is 15.2. The lowest BCUT2D eigenvalue weighted by Gasteiger charge is -2.27. The Morgan fingerprint density at radius 2 is 2.12 bits per heavy atom. The average Bonchev–Trinajstić information content (AvgIpc) is 3.39. The topological polar surface area (TPSA) is 104 Å². The zero-order valence-electron chi connectivity index (χ0n) is 19.8. The number of methoxy groups -OCH3 is 2. The number of carbonyl (C=O) groups excluding carboxylic acids is 2. The van der Waals surface area contributed by atoms with Gasteiger partial charge < -0.3 is 29.4 Å². The van der Waals surface area contributed by atoms with Crippen LogP contribution in [0, 0.1) is 5.92 Å². The summed E-state index contributed by atoms with van der Waals surface area (Å²) >= 11 is 0. The first kappa shape index (κ1) is 24.0. The van der Waals surface area contributed by atoms with Gasteiger partial charge in [-0.15, -0.1) is 0 Å². The molecule has 0 aromatic carbocycles. The van der Waals surface area contributed by atoms with Gasteiger partial charge >= 0.3 is 5.97 Å². The predicted octanol–water partition coefficient (Wildman–Crippen LogP) is 3.43. The summed E-state index contributed by atoms with van der Waals surface area (Å²) in [7, 11) is 3.03. The number of aryl methyl sites for hydroxylation is 1. The Kier molecular flexibility index (Phi) is 7.40. The van der Waals surface area contributed by atoms with E-state index in [1.54, 1.807) is 17.9 Å². The van der Waals surface area contributed by atoms with Crippen LogP contribution >= 0.6 is 0 Å². The number of ether oxygens (including phenoxy) is 3. The summed E-state index contributed by atoms with van der Waals surface area (Å²) in [5.74, 6) is -0.935. The monoisotopic (exact) mass is 446 g/mol. The summed E-state index contributed by atoms with van der Waals surface area (Å²) in [5.41, 5.74) is 1.85. The lowest BCUT2D eigenvalue weighted by Crippen LogP contribution is -2.31. The Balaban J connectivity index is 2.01. The third-order valence-corrected chi connectivity index (χ3v) is 5.91. The van der Waals surface area contributed by atoms with Gasteiger partial charge in [-0.3, -0.25) is 4.79 Å². The average molecular weight is 447 g/mol. The van der Waals surface area contributed by atoms with Crippen molar-refractivity contribution in [3.63, 3.8) is 0 Å². The molecule has 1 saturated heterocycles. The van der Waals surface area contributed by atoms with Crippen molar-refractivity contribution in [1.29, 1.82) is 0 Å². The van der Waals surface area contributed by atoms with Gasteiger partial charge in [0.1, 0.15) is 5.65 Å². The second-order valence-corrected chi connectivity index (χ2v) is 8.82. The van der Waals surface area contributed by atoms with Crippen molar-refractivity contribution in [2.24, 2.45) is 5.92 Å². The Hall–Kier alpha value is -2.65. The third-order valence-electron chi connectivity index (χ3n) is 5.91. The van der Waals surface area contributed by atoms with Crippen LogP contribution in [0.3, 0.4) is 0 Å². The predicted molar refractivity (Wildman–Crippen MR) is 123 cm³/mol. The highest BCUT2D eigenvalue weighted by Crippen LogP contribution is 2.33. The maximum atomic E-state index is 12.9. The van der Waals surface area contributed by atoms with Gasteiger partial charge in [0.25, 0.3) is 0 Å². The van der Waals surface area contributed by atoms with Gasteiger partial charge in [-0.05, 0) is 46.6 Å². The second kappa shape index (κ2) is 9.87. The van der Waals surface area contributed by atoms with E-state index in [4.69, 9.17) is 14.2 Å². The number of carbonyl (C=O) groups is 2. The highest BCUT2D eigenvalue weighted by Gasteiger charge is 2.29. The third kappa shape index (κ3) is 5.05. The minimum Gasteiger partial charge on any atom is -0.464 e. The lowest BCUT2D eigenvalue weighted by atomic mass is 10.00. The standard InChI is InChI=1S/C23H34N4O5/c1-7-27-19(22(29)30-5)18(26-21(28)15-8-9-32-13-15)17-10-16(12-24-20(17)27)25-14(2)11-23(3,4)31-6/h10,12,14-15,25H,7-9,11,13H2,1-6H3,(H,26,28)/t14-,15+/m1/s1. The van der Waals surface area contributed by atoms with Crippen LogP contribution in [0.15, 0.2) is 12.3 Å². The maximum Gasteiger partial charge on any atom is 0.356 e. The van der Waals surface area contributed by atoms with E-state index in [0.29, 0.717) is 42.9 Å². The Morgan fingerprint density at radius 3 is 2.72 bits per heavy atom. The number of fused-ring (bicyclic) bond motifs is 1. The van der Waals surface area contributed by atoms with E-state index >= 15 is 0 Å². The van der Waals surface area contributed by atoms with Crippen molar-refractivity contribution in [1.82, 2.24) is 9.55 Å². The Bertz CT molecular complexity index is 978. The molecule has 9 heteroatoms. The van der Waals surface area contributed by atoms with Crippen molar-refractivity contribution < 1.29 is 23.8 Å². The van der Waals surface area contributed by atoms with Gasteiger partial charge in [0.05, 0.1) is 42.8 Å². The summed E-state index contributed by atoms with van der Waals surface area (Å²) in [6, 6.07) is 2.03. The number of esters is 1. The van der Waals surface area contributed by atoms with Crippen LogP contribution in [-0.4, -0.2) is 60.5 Å². The molecule has 1 fully saturated rings. The van der Waals surface area contributed by atoms with E-state index in [0.717, 1.165) is 12.1 Å². The zero-order chi connectivity index (χ0) is 23.5. The molecule has 0 saturated carbocycles. The number of pyridine rings is 1. The first-order valence-corrected chi connectivity index (χ1v) is 11.0. The smallest absolute Gasteiger partial charge is 0.356 e. The Morgan fingerprint density at radius 1 is 1.38 bits per heavy atom. The van der Waals surface area contributed by atoms with Crippen LogP contribution in [-0.2, 0) is 25.5 Å². The fraction of sp³-hybridized carbons (Fsp3) is 0.609. The zero-order valence-corrected chi connectivity index (χ0v) is 19.8. The summed E-state index contributed by atoms with van der Waals surface area (Å²) in [5, 5.41) is 7.10. The molecule has 2 atom stereocenters.